The summed E-state index contributed by atoms with van der Waals surface area (Å²) in [6.07, 6.45) is 1.83. The van der Waals surface area contributed by atoms with E-state index in [2.05, 4.69) is 31.7 Å². The van der Waals surface area contributed by atoms with E-state index < -0.39 is 5.97 Å². The highest BCUT2D eigenvalue weighted by atomic mass is 79.9. The third-order valence-electron chi connectivity index (χ3n) is 4.54. The van der Waals surface area contributed by atoms with Crippen LogP contribution < -0.4 is 10.6 Å². The zero-order chi connectivity index (χ0) is 23.7. The minimum absolute atomic E-state index is 0.352. The summed E-state index contributed by atoms with van der Waals surface area (Å²) in [5.74, 6) is 0.0926. The number of methoxy groups -OCH3 is 1. The minimum Gasteiger partial charge on any atom is -0.465 e. The van der Waals surface area contributed by atoms with Crippen LogP contribution in [-0.4, -0.2) is 28.0 Å². The molecule has 0 spiro atoms. The van der Waals surface area contributed by atoms with E-state index in [-0.39, 0.29) is 0 Å². The Kier molecular flexibility index (Phi) is 7.47. The number of ether oxygens (including phenoxy) is 1. The standard InChI is InChI=1S/C21H14BrCl3N4O2S2/c1-31-20(30)18-17(25)12-4-3-11(7-16(12)33-18)26-21(32)27-19-13(22)9-29(28-19)8-10-2-5-14(23)15(24)6-10/h2-7,9H,8H2,1H3,(H2,26,27,28,32). The van der Waals surface area contributed by atoms with E-state index >= 15 is 0 Å². The van der Waals surface area contributed by atoms with Gasteiger partial charge in [-0.1, -0.05) is 40.9 Å². The van der Waals surface area contributed by atoms with Crippen LogP contribution in [0.4, 0.5) is 11.5 Å². The van der Waals surface area contributed by atoms with Crippen LogP contribution in [0.1, 0.15) is 15.2 Å². The first-order valence-electron chi connectivity index (χ1n) is 9.30. The van der Waals surface area contributed by atoms with Gasteiger partial charge in [-0.2, -0.15) is 5.10 Å². The lowest BCUT2D eigenvalue weighted by atomic mass is 10.2. The summed E-state index contributed by atoms with van der Waals surface area (Å²) in [5.41, 5.74) is 1.70. The molecule has 0 atom stereocenters. The smallest absolute Gasteiger partial charge is 0.349 e. The third kappa shape index (κ3) is 5.45. The maximum Gasteiger partial charge on any atom is 0.349 e. The fraction of sp³-hybridized carbons (Fsp3) is 0.0952. The number of rotatable bonds is 5. The molecule has 2 heterocycles. The largest absolute Gasteiger partial charge is 0.465 e. The molecule has 170 valence electrons. The Hall–Kier alpha value is -1.88. The molecule has 0 unspecified atom stereocenters. The number of carbonyl (C=O) groups is 1. The molecule has 0 amide bonds. The van der Waals surface area contributed by atoms with Gasteiger partial charge in [0.2, 0.25) is 0 Å². The lowest BCUT2D eigenvalue weighted by molar-refractivity contribution is 0.0606. The van der Waals surface area contributed by atoms with Crippen LogP contribution in [0.2, 0.25) is 15.1 Å². The Balaban J connectivity index is 1.46. The lowest BCUT2D eigenvalue weighted by Gasteiger charge is -2.09. The topological polar surface area (TPSA) is 68.2 Å². The van der Waals surface area contributed by atoms with Gasteiger partial charge < -0.3 is 15.4 Å². The summed E-state index contributed by atoms with van der Waals surface area (Å²) in [6.45, 7) is 0.510. The highest BCUT2D eigenvalue weighted by Gasteiger charge is 2.18. The maximum absolute atomic E-state index is 11.9. The molecule has 0 radical (unpaired) electrons. The first kappa shape index (κ1) is 24.3. The second-order valence-corrected chi connectivity index (χ2v) is 10.3. The molecule has 0 fully saturated rings. The maximum atomic E-state index is 11.9. The highest BCUT2D eigenvalue weighted by molar-refractivity contribution is 9.10. The average molecular weight is 605 g/mol. The quantitative estimate of drug-likeness (QED) is 0.182. The second kappa shape index (κ2) is 10.2. The molecule has 2 N–H and O–H groups in total. The Morgan fingerprint density at radius 2 is 1.97 bits per heavy atom. The fourth-order valence-electron chi connectivity index (χ4n) is 3.02. The molecule has 2 aromatic carbocycles. The molecule has 0 aliphatic rings. The molecule has 0 saturated carbocycles. The van der Waals surface area contributed by atoms with Gasteiger partial charge >= 0.3 is 5.97 Å². The summed E-state index contributed by atoms with van der Waals surface area (Å²) in [4.78, 5) is 12.2. The van der Waals surface area contributed by atoms with Gasteiger partial charge in [-0.3, -0.25) is 4.68 Å². The van der Waals surface area contributed by atoms with Crippen LogP contribution in [0, 0.1) is 0 Å². The molecular formula is C21H14BrCl3N4O2S2. The Bertz CT molecular complexity index is 1390. The second-order valence-electron chi connectivity index (χ2n) is 6.80. The van der Waals surface area contributed by atoms with Crippen molar-refractivity contribution < 1.29 is 9.53 Å². The number of nitrogens with zero attached hydrogens (tertiary/aromatic N) is 2. The SMILES string of the molecule is COC(=O)c1sc2cc(NC(=S)Nc3nn(Cc4ccc(Cl)c(Cl)c4)cc3Br)ccc2c1Cl. The van der Waals surface area contributed by atoms with Crippen LogP contribution in [0.5, 0.6) is 0 Å². The first-order valence-corrected chi connectivity index (χ1v) is 12.5. The molecule has 0 saturated heterocycles. The van der Waals surface area contributed by atoms with Crippen molar-refractivity contribution in [2.75, 3.05) is 17.7 Å². The van der Waals surface area contributed by atoms with Gasteiger partial charge in [-0.05, 0) is 64.0 Å². The zero-order valence-corrected chi connectivity index (χ0v) is 22.3. The molecule has 0 bridgehead atoms. The Labute approximate surface area is 221 Å². The van der Waals surface area contributed by atoms with Gasteiger partial charge in [-0.25, -0.2) is 4.79 Å². The van der Waals surface area contributed by atoms with Crippen molar-refractivity contribution in [1.29, 1.82) is 0 Å². The van der Waals surface area contributed by atoms with E-state index in [1.807, 2.05) is 30.5 Å². The van der Waals surface area contributed by atoms with Crippen LogP contribution >= 0.6 is 74.3 Å². The number of anilines is 2. The van der Waals surface area contributed by atoms with Gasteiger partial charge in [0.25, 0.3) is 0 Å². The summed E-state index contributed by atoms with van der Waals surface area (Å²) < 4.78 is 8.12. The van der Waals surface area contributed by atoms with Gasteiger partial charge in [0, 0.05) is 22.0 Å². The number of fused-ring (bicyclic) bond motifs is 1. The predicted molar refractivity (Wildman–Crippen MR) is 144 cm³/mol. The van der Waals surface area contributed by atoms with Crippen LogP contribution in [0.3, 0.4) is 0 Å². The van der Waals surface area contributed by atoms with Gasteiger partial charge in [0.05, 0.1) is 33.2 Å². The molecule has 0 aliphatic carbocycles. The van der Waals surface area contributed by atoms with Gasteiger partial charge in [0.1, 0.15) is 4.88 Å². The number of halogens is 4. The number of aromatic nitrogens is 2. The summed E-state index contributed by atoms with van der Waals surface area (Å²) in [7, 11) is 1.32. The zero-order valence-electron chi connectivity index (χ0n) is 16.8. The van der Waals surface area contributed by atoms with Crippen LogP contribution in [0.25, 0.3) is 10.1 Å². The van der Waals surface area contributed by atoms with Gasteiger partial charge in [0.15, 0.2) is 10.9 Å². The van der Waals surface area contributed by atoms with Crippen molar-refractivity contribution >= 4 is 107 Å². The van der Waals surface area contributed by atoms with E-state index in [4.69, 9.17) is 51.8 Å². The van der Waals surface area contributed by atoms with E-state index in [0.29, 0.717) is 37.4 Å². The number of hydrogen-bond acceptors (Lipinski definition) is 5. The lowest BCUT2D eigenvalue weighted by Crippen LogP contribution is -2.19. The molecular weight excluding hydrogens is 591 g/mol. The summed E-state index contributed by atoms with van der Waals surface area (Å²) in [6, 6.07) is 11.0. The number of benzene rings is 2. The van der Waals surface area contributed by atoms with Crippen molar-refractivity contribution in [3.8, 4) is 0 Å². The number of nitrogens with one attached hydrogen (secondary N) is 2. The molecule has 0 aliphatic heterocycles. The number of esters is 1. The predicted octanol–water partition coefficient (Wildman–Crippen LogP) is 7.46. The first-order chi connectivity index (χ1) is 15.7. The third-order valence-corrected chi connectivity index (χ3v) is 7.70. The summed E-state index contributed by atoms with van der Waals surface area (Å²) in [5, 5.41) is 13.2. The monoisotopic (exact) mass is 602 g/mol. The molecule has 6 nitrogen and oxygen atoms in total. The number of thiophene rings is 1. The fourth-order valence-corrected chi connectivity index (χ4v) is 5.44. The van der Waals surface area contributed by atoms with Crippen molar-refractivity contribution in [3.05, 3.63) is 72.6 Å². The van der Waals surface area contributed by atoms with E-state index in [0.717, 1.165) is 25.8 Å². The highest BCUT2D eigenvalue weighted by Crippen LogP contribution is 2.37. The van der Waals surface area contributed by atoms with Crippen LogP contribution in [-0.2, 0) is 11.3 Å². The number of hydrogen-bond donors (Lipinski definition) is 2. The van der Waals surface area contributed by atoms with E-state index in [1.165, 1.54) is 18.4 Å². The Morgan fingerprint density at radius 1 is 1.18 bits per heavy atom. The summed E-state index contributed by atoms with van der Waals surface area (Å²) >= 11 is 28.6. The number of thiocarbonyl (C=S) groups is 1. The molecule has 4 aromatic rings. The normalized spacial score (nSPS) is 10.9. The molecule has 12 heteroatoms. The van der Waals surface area contributed by atoms with Crippen LogP contribution in [0.15, 0.2) is 47.1 Å². The minimum atomic E-state index is -0.464. The average Bonchev–Trinajstić information content (AvgIpc) is 3.28. The van der Waals surface area contributed by atoms with Crippen molar-refractivity contribution in [2.45, 2.75) is 6.54 Å². The van der Waals surface area contributed by atoms with E-state index in [9.17, 15) is 4.79 Å². The molecule has 4 rings (SSSR count). The van der Waals surface area contributed by atoms with E-state index in [1.54, 1.807) is 16.8 Å². The Morgan fingerprint density at radius 3 is 2.70 bits per heavy atom. The molecule has 2 aromatic heterocycles. The van der Waals surface area contributed by atoms with Crippen molar-refractivity contribution in [3.63, 3.8) is 0 Å². The van der Waals surface area contributed by atoms with Crippen molar-refractivity contribution in [1.82, 2.24) is 9.78 Å². The number of carbonyl (C=O) groups excluding carboxylic acids is 1. The van der Waals surface area contributed by atoms with Gasteiger partial charge in [-0.15, -0.1) is 11.3 Å². The molecule has 33 heavy (non-hydrogen) atoms. The van der Waals surface area contributed by atoms with Crippen molar-refractivity contribution in [2.24, 2.45) is 0 Å².